The minimum absolute atomic E-state index is 0.0676. The summed E-state index contributed by atoms with van der Waals surface area (Å²) in [6.45, 7) is 4.48. The van der Waals surface area contributed by atoms with E-state index in [-0.39, 0.29) is 12.5 Å². The minimum atomic E-state index is -0.163. The average molecular weight is 285 g/mol. The number of benzene rings is 2. The van der Waals surface area contributed by atoms with Crippen LogP contribution in [0.2, 0.25) is 0 Å². The first kappa shape index (κ1) is 15.1. The van der Waals surface area contributed by atoms with E-state index in [4.69, 9.17) is 9.47 Å². The SMILES string of the molecule is CCOCC(=O)Nc1ccc(Oc2ccc(C)cc2)cc1. The zero-order valence-corrected chi connectivity index (χ0v) is 12.3. The third kappa shape index (κ3) is 4.93. The summed E-state index contributed by atoms with van der Waals surface area (Å²) in [6, 6.07) is 15.1. The Balaban J connectivity index is 1.92. The molecule has 0 aliphatic rings. The van der Waals surface area contributed by atoms with Gasteiger partial charge in [-0.1, -0.05) is 17.7 Å². The molecule has 0 aliphatic heterocycles. The highest BCUT2D eigenvalue weighted by molar-refractivity contribution is 5.91. The predicted octanol–water partition coefficient (Wildman–Crippen LogP) is 3.76. The van der Waals surface area contributed by atoms with Crippen molar-refractivity contribution < 1.29 is 14.3 Å². The molecule has 0 saturated carbocycles. The van der Waals surface area contributed by atoms with Gasteiger partial charge in [-0.05, 0) is 50.2 Å². The molecule has 0 aliphatic carbocycles. The highest BCUT2D eigenvalue weighted by atomic mass is 16.5. The fraction of sp³-hybridized carbons (Fsp3) is 0.235. The molecule has 2 rings (SSSR count). The Hall–Kier alpha value is -2.33. The highest BCUT2D eigenvalue weighted by Crippen LogP contribution is 2.23. The van der Waals surface area contributed by atoms with Gasteiger partial charge in [0.05, 0.1) is 0 Å². The van der Waals surface area contributed by atoms with Crippen LogP contribution in [0.1, 0.15) is 12.5 Å². The molecular formula is C17H19NO3. The van der Waals surface area contributed by atoms with Crippen LogP contribution < -0.4 is 10.1 Å². The van der Waals surface area contributed by atoms with Crippen LogP contribution in [0.15, 0.2) is 48.5 Å². The number of hydrogen-bond acceptors (Lipinski definition) is 3. The van der Waals surface area contributed by atoms with E-state index in [2.05, 4.69) is 5.32 Å². The largest absolute Gasteiger partial charge is 0.457 e. The molecule has 2 aromatic rings. The standard InChI is InChI=1S/C17H19NO3/c1-3-20-12-17(19)18-14-6-10-16(11-7-14)21-15-8-4-13(2)5-9-15/h4-11H,3,12H2,1-2H3,(H,18,19). The van der Waals surface area contributed by atoms with Crippen molar-refractivity contribution in [2.24, 2.45) is 0 Å². The van der Waals surface area contributed by atoms with Crippen molar-refractivity contribution in [1.29, 1.82) is 0 Å². The first-order chi connectivity index (χ1) is 10.2. The third-order valence-electron chi connectivity index (χ3n) is 2.83. The Morgan fingerprint density at radius 2 is 1.57 bits per heavy atom. The van der Waals surface area contributed by atoms with E-state index in [1.165, 1.54) is 5.56 Å². The number of nitrogens with one attached hydrogen (secondary N) is 1. The lowest BCUT2D eigenvalue weighted by atomic mass is 10.2. The van der Waals surface area contributed by atoms with Crippen LogP contribution in [0, 0.1) is 6.92 Å². The summed E-state index contributed by atoms with van der Waals surface area (Å²) in [5.74, 6) is 1.35. The van der Waals surface area contributed by atoms with E-state index in [0.29, 0.717) is 6.61 Å². The summed E-state index contributed by atoms with van der Waals surface area (Å²) in [6.07, 6.45) is 0. The minimum Gasteiger partial charge on any atom is -0.457 e. The molecule has 0 radical (unpaired) electrons. The van der Waals surface area contributed by atoms with Crippen LogP contribution in [-0.2, 0) is 9.53 Å². The van der Waals surface area contributed by atoms with Crippen molar-refractivity contribution in [3.63, 3.8) is 0 Å². The monoisotopic (exact) mass is 285 g/mol. The zero-order valence-electron chi connectivity index (χ0n) is 12.3. The molecule has 1 N–H and O–H groups in total. The van der Waals surface area contributed by atoms with Crippen molar-refractivity contribution >= 4 is 11.6 Å². The van der Waals surface area contributed by atoms with Gasteiger partial charge in [0.15, 0.2) is 0 Å². The van der Waals surface area contributed by atoms with E-state index in [1.54, 1.807) is 12.1 Å². The van der Waals surface area contributed by atoms with Gasteiger partial charge in [0.2, 0.25) is 5.91 Å². The molecule has 0 aromatic heterocycles. The molecule has 0 spiro atoms. The second-order valence-corrected chi connectivity index (χ2v) is 4.62. The summed E-state index contributed by atoms with van der Waals surface area (Å²) in [4.78, 5) is 11.5. The lowest BCUT2D eigenvalue weighted by Gasteiger charge is -2.08. The van der Waals surface area contributed by atoms with Gasteiger partial charge in [-0.25, -0.2) is 0 Å². The fourth-order valence-electron chi connectivity index (χ4n) is 1.74. The lowest BCUT2D eigenvalue weighted by Crippen LogP contribution is -2.18. The predicted molar refractivity (Wildman–Crippen MR) is 82.8 cm³/mol. The van der Waals surface area contributed by atoms with Crippen LogP contribution in [0.5, 0.6) is 11.5 Å². The molecule has 0 saturated heterocycles. The lowest BCUT2D eigenvalue weighted by molar-refractivity contribution is -0.120. The number of carbonyl (C=O) groups excluding carboxylic acids is 1. The van der Waals surface area contributed by atoms with E-state index >= 15 is 0 Å². The van der Waals surface area contributed by atoms with Gasteiger partial charge < -0.3 is 14.8 Å². The zero-order chi connectivity index (χ0) is 15.1. The molecule has 0 heterocycles. The van der Waals surface area contributed by atoms with Crippen molar-refractivity contribution in [3.8, 4) is 11.5 Å². The number of carbonyl (C=O) groups is 1. The molecule has 4 heteroatoms. The van der Waals surface area contributed by atoms with Gasteiger partial charge in [0.1, 0.15) is 18.1 Å². The van der Waals surface area contributed by atoms with Crippen molar-refractivity contribution in [1.82, 2.24) is 0 Å². The maximum absolute atomic E-state index is 11.5. The van der Waals surface area contributed by atoms with Crippen molar-refractivity contribution in [3.05, 3.63) is 54.1 Å². The van der Waals surface area contributed by atoms with Crippen LogP contribution in [0.4, 0.5) is 5.69 Å². The van der Waals surface area contributed by atoms with Gasteiger partial charge in [0, 0.05) is 12.3 Å². The summed E-state index contributed by atoms with van der Waals surface area (Å²) in [5.41, 5.74) is 1.91. The van der Waals surface area contributed by atoms with Gasteiger partial charge in [-0.3, -0.25) is 4.79 Å². The fourth-order valence-corrected chi connectivity index (χ4v) is 1.74. The maximum Gasteiger partial charge on any atom is 0.250 e. The number of anilines is 1. The van der Waals surface area contributed by atoms with Crippen molar-refractivity contribution in [2.45, 2.75) is 13.8 Å². The Bertz CT molecular complexity index is 576. The molecule has 2 aromatic carbocycles. The molecule has 21 heavy (non-hydrogen) atoms. The van der Waals surface area contributed by atoms with Crippen LogP contribution in [-0.4, -0.2) is 19.1 Å². The molecular weight excluding hydrogens is 266 g/mol. The van der Waals surface area contributed by atoms with Gasteiger partial charge in [-0.15, -0.1) is 0 Å². The maximum atomic E-state index is 11.5. The molecule has 4 nitrogen and oxygen atoms in total. The van der Waals surface area contributed by atoms with E-state index < -0.39 is 0 Å². The van der Waals surface area contributed by atoms with Gasteiger partial charge in [0.25, 0.3) is 0 Å². The average Bonchev–Trinajstić information content (AvgIpc) is 2.49. The first-order valence-corrected chi connectivity index (χ1v) is 6.89. The van der Waals surface area contributed by atoms with Gasteiger partial charge >= 0.3 is 0 Å². The Kier molecular flexibility index (Phi) is 5.35. The molecule has 0 atom stereocenters. The summed E-state index contributed by atoms with van der Waals surface area (Å²) >= 11 is 0. The summed E-state index contributed by atoms with van der Waals surface area (Å²) in [7, 11) is 0. The summed E-state index contributed by atoms with van der Waals surface area (Å²) < 4.78 is 10.8. The molecule has 0 unspecified atom stereocenters. The second kappa shape index (κ2) is 7.45. The quantitative estimate of drug-likeness (QED) is 0.879. The number of ether oxygens (including phenoxy) is 2. The van der Waals surface area contributed by atoms with Gasteiger partial charge in [-0.2, -0.15) is 0 Å². The molecule has 1 amide bonds. The topological polar surface area (TPSA) is 47.6 Å². The Morgan fingerprint density at radius 3 is 2.14 bits per heavy atom. The smallest absolute Gasteiger partial charge is 0.250 e. The van der Waals surface area contributed by atoms with Crippen molar-refractivity contribution in [2.75, 3.05) is 18.5 Å². The number of hydrogen-bond donors (Lipinski definition) is 1. The molecule has 0 bridgehead atoms. The Labute approximate surface area is 124 Å². The first-order valence-electron chi connectivity index (χ1n) is 6.89. The summed E-state index contributed by atoms with van der Waals surface area (Å²) in [5, 5.41) is 2.76. The van der Waals surface area contributed by atoms with E-state index in [0.717, 1.165) is 17.2 Å². The van der Waals surface area contributed by atoms with E-state index in [9.17, 15) is 4.79 Å². The van der Waals surface area contributed by atoms with E-state index in [1.807, 2.05) is 50.2 Å². The van der Waals surface area contributed by atoms with Crippen LogP contribution in [0.25, 0.3) is 0 Å². The number of amides is 1. The second-order valence-electron chi connectivity index (χ2n) is 4.62. The molecule has 0 fully saturated rings. The third-order valence-corrected chi connectivity index (χ3v) is 2.83. The van der Waals surface area contributed by atoms with Crippen LogP contribution >= 0.6 is 0 Å². The number of aryl methyl sites for hydroxylation is 1. The Morgan fingerprint density at radius 1 is 1.00 bits per heavy atom. The highest BCUT2D eigenvalue weighted by Gasteiger charge is 2.02. The normalized spacial score (nSPS) is 10.2. The molecule has 110 valence electrons. The number of rotatable bonds is 6. The van der Waals surface area contributed by atoms with Crippen LogP contribution in [0.3, 0.4) is 0 Å².